The molecule has 0 bridgehead atoms. The van der Waals surface area contributed by atoms with Crippen LogP contribution in [0.15, 0.2) is 28.8 Å². The van der Waals surface area contributed by atoms with Crippen molar-refractivity contribution in [2.24, 2.45) is 4.58 Å². The first kappa shape index (κ1) is 12.1. The Morgan fingerprint density at radius 3 is 2.56 bits per heavy atom. The standard InChI is InChI=1S/C8H8N2O5S/c1-10(16(14,15)9-13)7-4-2-3-6(5-7)8(11)12/h2-5H,1H3,(H,11,12). The van der Waals surface area contributed by atoms with Crippen LogP contribution in [0.3, 0.4) is 0 Å². The Balaban J connectivity index is 3.20. The number of carbonyl (C=O) groups is 1. The van der Waals surface area contributed by atoms with Crippen molar-refractivity contribution in [3.63, 3.8) is 0 Å². The molecule has 0 spiro atoms. The number of anilines is 1. The Morgan fingerprint density at radius 1 is 1.44 bits per heavy atom. The van der Waals surface area contributed by atoms with Crippen LogP contribution >= 0.6 is 0 Å². The van der Waals surface area contributed by atoms with E-state index in [0.29, 0.717) is 4.31 Å². The molecule has 0 saturated carbocycles. The highest BCUT2D eigenvalue weighted by Gasteiger charge is 2.19. The van der Waals surface area contributed by atoms with Gasteiger partial charge >= 0.3 is 16.2 Å². The van der Waals surface area contributed by atoms with Crippen molar-refractivity contribution in [3.05, 3.63) is 34.7 Å². The zero-order valence-electron chi connectivity index (χ0n) is 8.19. The molecule has 0 fully saturated rings. The van der Waals surface area contributed by atoms with Crippen LogP contribution in [-0.2, 0) is 10.2 Å². The first-order valence-corrected chi connectivity index (χ1v) is 5.45. The van der Waals surface area contributed by atoms with Crippen molar-refractivity contribution in [2.45, 2.75) is 0 Å². The lowest BCUT2D eigenvalue weighted by atomic mass is 10.2. The Hall–Kier alpha value is -1.96. The van der Waals surface area contributed by atoms with Crippen LogP contribution in [0.5, 0.6) is 0 Å². The van der Waals surface area contributed by atoms with E-state index in [1.54, 1.807) is 0 Å². The largest absolute Gasteiger partial charge is 0.478 e. The molecule has 7 nitrogen and oxygen atoms in total. The Kier molecular flexibility index (Phi) is 3.23. The Morgan fingerprint density at radius 2 is 2.06 bits per heavy atom. The highest BCUT2D eigenvalue weighted by Crippen LogP contribution is 2.18. The summed E-state index contributed by atoms with van der Waals surface area (Å²) in [4.78, 5) is 20.7. The minimum absolute atomic E-state index is 0.0551. The predicted octanol–water partition coefficient (Wildman–Crippen LogP) is 0.832. The van der Waals surface area contributed by atoms with Gasteiger partial charge in [0.05, 0.1) is 15.8 Å². The monoisotopic (exact) mass is 244 g/mol. The molecule has 0 saturated heterocycles. The van der Waals surface area contributed by atoms with Crippen LogP contribution in [0.4, 0.5) is 5.69 Å². The van der Waals surface area contributed by atoms with Gasteiger partial charge in [-0.2, -0.15) is 8.42 Å². The van der Waals surface area contributed by atoms with Crippen LogP contribution in [0.1, 0.15) is 10.4 Å². The number of rotatable bonds is 4. The first-order valence-electron chi connectivity index (χ1n) is 4.05. The maximum Gasteiger partial charge on any atom is 0.379 e. The van der Waals surface area contributed by atoms with Gasteiger partial charge in [0, 0.05) is 7.05 Å². The van der Waals surface area contributed by atoms with Gasteiger partial charge in [-0.05, 0) is 18.2 Å². The molecule has 0 aliphatic rings. The molecule has 0 unspecified atom stereocenters. The summed E-state index contributed by atoms with van der Waals surface area (Å²) < 4.78 is 24.7. The number of hydrogen-bond donors (Lipinski definition) is 1. The molecule has 0 atom stereocenters. The number of nitroso groups, excluding NO2 is 1. The molecule has 0 aliphatic carbocycles. The van der Waals surface area contributed by atoms with E-state index >= 15 is 0 Å². The summed E-state index contributed by atoms with van der Waals surface area (Å²) in [5, 5.41) is 8.70. The van der Waals surface area contributed by atoms with Crippen LogP contribution < -0.4 is 4.31 Å². The third kappa shape index (κ3) is 2.34. The van der Waals surface area contributed by atoms with Crippen molar-refractivity contribution in [1.29, 1.82) is 0 Å². The highest BCUT2D eigenvalue weighted by atomic mass is 32.2. The van der Waals surface area contributed by atoms with E-state index in [-0.39, 0.29) is 11.3 Å². The van der Waals surface area contributed by atoms with Gasteiger partial charge < -0.3 is 5.11 Å². The fraction of sp³-hybridized carbons (Fsp3) is 0.125. The molecule has 0 radical (unpaired) electrons. The second-order valence-corrected chi connectivity index (χ2v) is 4.47. The average molecular weight is 244 g/mol. The van der Waals surface area contributed by atoms with Gasteiger partial charge in [-0.3, -0.25) is 4.31 Å². The van der Waals surface area contributed by atoms with E-state index in [1.807, 2.05) is 4.58 Å². The van der Waals surface area contributed by atoms with E-state index in [4.69, 9.17) is 5.11 Å². The summed E-state index contributed by atoms with van der Waals surface area (Å²) in [6.45, 7) is 0. The van der Waals surface area contributed by atoms with Gasteiger partial charge in [0.1, 0.15) is 0 Å². The molecule has 1 rings (SSSR count). The molecule has 1 aromatic carbocycles. The zero-order valence-corrected chi connectivity index (χ0v) is 9.01. The summed E-state index contributed by atoms with van der Waals surface area (Å²) in [5.74, 6) is -1.19. The van der Waals surface area contributed by atoms with E-state index in [9.17, 15) is 18.1 Å². The molecular weight excluding hydrogens is 236 g/mol. The van der Waals surface area contributed by atoms with Crippen molar-refractivity contribution in [3.8, 4) is 0 Å². The van der Waals surface area contributed by atoms with Crippen molar-refractivity contribution in [2.75, 3.05) is 11.4 Å². The van der Waals surface area contributed by atoms with E-state index in [1.165, 1.54) is 18.2 Å². The molecule has 0 amide bonds. The number of benzene rings is 1. The van der Waals surface area contributed by atoms with Crippen molar-refractivity contribution in [1.82, 2.24) is 0 Å². The highest BCUT2D eigenvalue weighted by molar-refractivity contribution is 7.91. The quantitative estimate of drug-likeness (QED) is 0.790. The lowest BCUT2D eigenvalue weighted by Gasteiger charge is -2.14. The topological polar surface area (TPSA) is 104 Å². The summed E-state index contributed by atoms with van der Waals surface area (Å²) in [7, 11) is -3.18. The summed E-state index contributed by atoms with van der Waals surface area (Å²) >= 11 is 0. The predicted molar refractivity (Wildman–Crippen MR) is 56.5 cm³/mol. The fourth-order valence-corrected chi connectivity index (χ4v) is 1.50. The number of aromatic carboxylic acids is 1. The molecule has 0 aromatic heterocycles. The van der Waals surface area contributed by atoms with Crippen LogP contribution in [0, 0.1) is 4.91 Å². The summed E-state index contributed by atoms with van der Waals surface area (Å²) in [6, 6.07) is 5.16. The molecule has 8 heteroatoms. The normalized spacial score (nSPS) is 10.8. The van der Waals surface area contributed by atoms with Crippen LogP contribution in [0.2, 0.25) is 0 Å². The van der Waals surface area contributed by atoms with Gasteiger partial charge in [-0.15, -0.1) is 4.91 Å². The van der Waals surface area contributed by atoms with Crippen molar-refractivity contribution >= 4 is 21.9 Å². The molecule has 1 aromatic rings. The lowest BCUT2D eigenvalue weighted by Crippen LogP contribution is -2.24. The molecule has 86 valence electrons. The lowest BCUT2D eigenvalue weighted by molar-refractivity contribution is 0.0697. The zero-order chi connectivity index (χ0) is 12.3. The molecule has 16 heavy (non-hydrogen) atoms. The van der Waals surface area contributed by atoms with E-state index in [2.05, 4.69) is 0 Å². The van der Waals surface area contributed by atoms with E-state index in [0.717, 1.165) is 13.1 Å². The third-order valence-electron chi connectivity index (χ3n) is 1.90. The summed E-state index contributed by atoms with van der Waals surface area (Å²) in [5.41, 5.74) is -0.0232. The molecule has 1 N–H and O–H groups in total. The maximum absolute atomic E-state index is 11.1. The minimum atomic E-state index is -4.28. The van der Waals surface area contributed by atoms with Gasteiger partial charge in [-0.1, -0.05) is 6.07 Å². The first-order chi connectivity index (χ1) is 7.38. The Labute approximate surface area is 91.5 Å². The smallest absolute Gasteiger partial charge is 0.379 e. The van der Waals surface area contributed by atoms with Gasteiger partial charge in [-0.25, -0.2) is 4.79 Å². The second kappa shape index (κ2) is 4.27. The molecular formula is C8H8N2O5S. The third-order valence-corrected chi connectivity index (χ3v) is 2.99. The molecule has 0 aliphatic heterocycles. The number of nitrogens with zero attached hydrogens (tertiary/aromatic N) is 2. The number of hydrogen-bond acceptors (Lipinski definition) is 4. The van der Waals surface area contributed by atoms with Crippen LogP contribution in [0.25, 0.3) is 0 Å². The van der Waals surface area contributed by atoms with E-state index < -0.39 is 16.2 Å². The Bertz CT molecular complexity index is 525. The minimum Gasteiger partial charge on any atom is -0.478 e. The number of carboxylic acids is 1. The van der Waals surface area contributed by atoms with Gasteiger partial charge in [0.15, 0.2) is 0 Å². The van der Waals surface area contributed by atoms with Crippen molar-refractivity contribution < 1.29 is 18.3 Å². The number of carboxylic acid groups (broad SMARTS) is 1. The fourth-order valence-electron chi connectivity index (χ4n) is 1.02. The maximum atomic E-state index is 11.1. The van der Waals surface area contributed by atoms with Crippen LogP contribution in [-0.4, -0.2) is 26.5 Å². The molecule has 0 heterocycles. The van der Waals surface area contributed by atoms with Gasteiger partial charge in [0.2, 0.25) is 0 Å². The average Bonchev–Trinajstić information content (AvgIpc) is 2.28. The SMILES string of the molecule is CN(c1cccc(C(=O)O)c1)S(=O)(=O)N=O. The summed E-state index contributed by atoms with van der Waals surface area (Å²) in [6.07, 6.45) is 0. The second-order valence-electron chi connectivity index (χ2n) is 2.88. The van der Waals surface area contributed by atoms with Gasteiger partial charge in [0.25, 0.3) is 0 Å².